The standard InChI is InChI=1S/C16H18BrNO2S/c1-3-20-16-7-5-4-6-14(16)15(19)10-18(2)9-13-8-12(17)11-21-13/h4-8,11H,3,9-10H2,1-2H3. The normalized spacial score (nSPS) is 10.9. The number of ketones is 1. The number of nitrogens with zero attached hydrogens (tertiary/aromatic N) is 1. The monoisotopic (exact) mass is 367 g/mol. The molecule has 0 aliphatic carbocycles. The van der Waals surface area contributed by atoms with Gasteiger partial charge < -0.3 is 4.74 Å². The van der Waals surface area contributed by atoms with Crippen molar-refractivity contribution in [3.63, 3.8) is 0 Å². The Morgan fingerprint density at radius 1 is 1.38 bits per heavy atom. The first-order valence-electron chi connectivity index (χ1n) is 6.76. The maximum absolute atomic E-state index is 12.4. The van der Waals surface area contributed by atoms with E-state index in [9.17, 15) is 4.79 Å². The molecule has 1 aromatic carbocycles. The fourth-order valence-electron chi connectivity index (χ4n) is 2.07. The Kier molecular flexibility index (Phi) is 5.96. The molecule has 1 aromatic heterocycles. The van der Waals surface area contributed by atoms with Crippen LogP contribution in [0.5, 0.6) is 5.75 Å². The fourth-order valence-corrected chi connectivity index (χ4v) is 3.60. The fraction of sp³-hybridized carbons (Fsp3) is 0.312. The van der Waals surface area contributed by atoms with Crippen molar-refractivity contribution in [2.75, 3.05) is 20.2 Å². The predicted octanol–water partition coefficient (Wildman–Crippen LogP) is 4.22. The summed E-state index contributed by atoms with van der Waals surface area (Å²) in [7, 11) is 1.95. The van der Waals surface area contributed by atoms with Crippen LogP contribution in [0.1, 0.15) is 22.2 Å². The molecule has 0 aliphatic rings. The first kappa shape index (κ1) is 16.2. The van der Waals surface area contributed by atoms with Gasteiger partial charge in [-0.1, -0.05) is 12.1 Å². The highest BCUT2D eigenvalue weighted by Crippen LogP contribution is 2.22. The van der Waals surface area contributed by atoms with Gasteiger partial charge in [0.25, 0.3) is 0 Å². The van der Waals surface area contributed by atoms with Crippen LogP contribution in [0.4, 0.5) is 0 Å². The largest absolute Gasteiger partial charge is 0.493 e. The van der Waals surface area contributed by atoms with Crippen LogP contribution in [-0.4, -0.2) is 30.9 Å². The topological polar surface area (TPSA) is 29.5 Å². The SMILES string of the molecule is CCOc1ccccc1C(=O)CN(C)Cc1cc(Br)cs1. The van der Waals surface area contributed by atoms with Gasteiger partial charge >= 0.3 is 0 Å². The Morgan fingerprint density at radius 3 is 2.81 bits per heavy atom. The third-order valence-electron chi connectivity index (χ3n) is 2.95. The predicted molar refractivity (Wildman–Crippen MR) is 90.3 cm³/mol. The third-order valence-corrected chi connectivity index (χ3v) is 4.63. The lowest BCUT2D eigenvalue weighted by Gasteiger charge is -2.16. The van der Waals surface area contributed by atoms with E-state index in [0.29, 0.717) is 24.5 Å². The van der Waals surface area contributed by atoms with E-state index in [1.807, 2.05) is 43.1 Å². The van der Waals surface area contributed by atoms with Crippen molar-refractivity contribution < 1.29 is 9.53 Å². The van der Waals surface area contributed by atoms with Crippen LogP contribution in [0, 0.1) is 0 Å². The third kappa shape index (κ3) is 4.66. The molecule has 0 radical (unpaired) electrons. The Labute approximate surface area is 137 Å². The lowest BCUT2D eigenvalue weighted by molar-refractivity contribution is 0.0940. The lowest BCUT2D eigenvalue weighted by atomic mass is 10.1. The molecule has 2 rings (SSSR count). The molecule has 0 bridgehead atoms. The number of halogens is 1. The van der Waals surface area contributed by atoms with Gasteiger partial charge in [-0.05, 0) is 48.1 Å². The van der Waals surface area contributed by atoms with Crippen molar-refractivity contribution >= 4 is 33.0 Å². The molecule has 0 unspecified atom stereocenters. The minimum Gasteiger partial charge on any atom is -0.493 e. The molecule has 0 fully saturated rings. The average molecular weight is 368 g/mol. The molecule has 0 saturated carbocycles. The molecular weight excluding hydrogens is 350 g/mol. The van der Waals surface area contributed by atoms with Crippen LogP contribution >= 0.6 is 27.3 Å². The molecule has 3 nitrogen and oxygen atoms in total. The van der Waals surface area contributed by atoms with Crippen molar-refractivity contribution in [1.82, 2.24) is 4.90 Å². The lowest BCUT2D eigenvalue weighted by Crippen LogP contribution is -2.25. The molecule has 1 heterocycles. The number of carbonyl (C=O) groups excluding carboxylic acids is 1. The van der Waals surface area contributed by atoms with Gasteiger partial charge in [0.2, 0.25) is 0 Å². The van der Waals surface area contributed by atoms with E-state index in [-0.39, 0.29) is 5.78 Å². The maximum Gasteiger partial charge on any atom is 0.180 e. The number of thiophene rings is 1. The van der Waals surface area contributed by atoms with Crippen LogP contribution in [0.15, 0.2) is 40.2 Å². The number of likely N-dealkylation sites (N-methyl/N-ethyl adjacent to an activating group) is 1. The molecule has 0 saturated heterocycles. The van der Waals surface area contributed by atoms with E-state index < -0.39 is 0 Å². The summed E-state index contributed by atoms with van der Waals surface area (Å²) in [6.07, 6.45) is 0. The zero-order chi connectivity index (χ0) is 15.2. The van der Waals surface area contributed by atoms with Crippen LogP contribution in [0.2, 0.25) is 0 Å². The summed E-state index contributed by atoms with van der Waals surface area (Å²) in [4.78, 5) is 15.7. The Bertz CT molecular complexity index is 612. The molecule has 0 N–H and O–H groups in total. The van der Waals surface area contributed by atoms with Gasteiger partial charge in [0, 0.05) is 21.3 Å². The molecule has 0 amide bonds. The summed E-state index contributed by atoms with van der Waals surface area (Å²) >= 11 is 5.13. The van der Waals surface area contributed by atoms with Crippen LogP contribution < -0.4 is 4.74 Å². The van der Waals surface area contributed by atoms with E-state index in [0.717, 1.165) is 11.0 Å². The number of benzene rings is 1. The number of ether oxygens (including phenoxy) is 1. The Morgan fingerprint density at radius 2 is 2.14 bits per heavy atom. The van der Waals surface area contributed by atoms with Gasteiger partial charge in [-0.2, -0.15) is 0 Å². The number of hydrogen-bond donors (Lipinski definition) is 0. The molecule has 5 heteroatoms. The highest BCUT2D eigenvalue weighted by Gasteiger charge is 2.14. The first-order chi connectivity index (χ1) is 10.1. The van der Waals surface area contributed by atoms with Gasteiger partial charge in [0.1, 0.15) is 5.75 Å². The number of Topliss-reactive ketones (excluding diaryl/α,β-unsaturated/α-hetero) is 1. The second-order valence-electron chi connectivity index (χ2n) is 4.76. The number of hydrogen-bond acceptors (Lipinski definition) is 4. The van der Waals surface area contributed by atoms with Crippen LogP contribution in [-0.2, 0) is 6.54 Å². The first-order valence-corrected chi connectivity index (χ1v) is 8.44. The highest BCUT2D eigenvalue weighted by molar-refractivity contribution is 9.10. The van der Waals surface area contributed by atoms with Crippen molar-refractivity contribution in [2.45, 2.75) is 13.5 Å². The minimum absolute atomic E-state index is 0.0807. The van der Waals surface area contributed by atoms with E-state index >= 15 is 0 Å². The average Bonchev–Trinajstić information content (AvgIpc) is 2.84. The second-order valence-corrected chi connectivity index (χ2v) is 6.67. The maximum atomic E-state index is 12.4. The summed E-state index contributed by atoms with van der Waals surface area (Å²) in [5, 5.41) is 2.05. The summed E-state index contributed by atoms with van der Waals surface area (Å²) < 4.78 is 6.60. The summed E-state index contributed by atoms with van der Waals surface area (Å²) in [6, 6.07) is 9.50. The van der Waals surface area contributed by atoms with Gasteiger partial charge in [0.15, 0.2) is 5.78 Å². The van der Waals surface area contributed by atoms with E-state index in [1.165, 1.54) is 4.88 Å². The molecule has 112 valence electrons. The van der Waals surface area contributed by atoms with Crippen molar-refractivity contribution in [3.8, 4) is 5.75 Å². The molecule has 2 aromatic rings. The van der Waals surface area contributed by atoms with Crippen molar-refractivity contribution in [1.29, 1.82) is 0 Å². The Balaban J connectivity index is 2.00. The molecule has 0 aliphatic heterocycles. The number of rotatable bonds is 7. The smallest absolute Gasteiger partial charge is 0.180 e. The van der Waals surface area contributed by atoms with Crippen molar-refractivity contribution in [2.24, 2.45) is 0 Å². The highest BCUT2D eigenvalue weighted by atomic mass is 79.9. The van der Waals surface area contributed by atoms with Crippen LogP contribution in [0.25, 0.3) is 0 Å². The summed E-state index contributed by atoms with van der Waals surface area (Å²) in [5.41, 5.74) is 0.651. The molecule has 0 atom stereocenters. The second kappa shape index (κ2) is 7.73. The van der Waals surface area contributed by atoms with Crippen LogP contribution in [0.3, 0.4) is 0 Å². The van der Waals surface area contributed by atoms with Gasteiger partial charge in [-0.25, -0.2) is 0 Å². The van der Waals surface area contributed by atoms with Gasteiger partial charge in [-0.3, -0.25) is 9.69 Å². The quantitative estimate of drug-likeness (QED) is 0.686. The van der Waals surface area contributed by atoms with Gasteiger partial charge in [0.05, 0.1) is 18.7 Å². The zero-order valence-electron chi connectivity index (χ0n) is 12.1. The number of para-hydroxylation sites is 1. The van der Waals surface area contributed by atoms with E-state index in [2.05, 4.69) is 27.4 Å². The molecule has 21 heavy (non-hydrogen) atoms. The van der Waals surface area contributed by atoms with Crippen molar-refractivity contribution in [3.05, 3.63) is 50.6 Å². The number of carbonyl (C=O) groups is 1. The summed E-state index contributed by atoms with van der Waals surface area (Å²) in [5.74, 6) is 0.745. The summed E-state index contributed by atoms with van der Waals surface area (Å²) in [6.45, 7) is 3.61. The van der Waals surface area contributed by atoms with Gasteiger partial charge in [-0.15, -0.1) is 11.3 Å². The van der Waals surface area contributed by atoms with E-state index in [1.54, 1.807) is 11.3 Å². The van der Waals surface area contributed by atoms with E-state index in [4.69, 9.17) is 4.74 Å². The zero-order valence-corrected chi connectivity index (χ0v) is 14.5. The Hall–Kier alpha value is -1.17. The molecular formula is C16H18BrNO2S. The minimum atomic E-state index is 0.0807. The molecule has 0 spiro atoms.